The number of aliphatic hydroxyl groups is 2. The van der Waals surface area contributed by atoms with Crippen LogP contribution in [0.4, 0.5) is 0 Å². The average Bonchev–Trinajstić information content (AvgIpc) is 2.18. The van der Waals surface area contributed by atoms with E-state index in [1.165, 1.54) is 5.56 Å². The second-order valence-electron chi connectivity index (χ2n) is 3.86. The molecule has 0 spiro atoms. The van der Waals surface area contributed by atoms with E-state index in [0.717, 1.165) is 6.54 Å². The van der Waals surface area contributed by atoms with E-state index >= 15 is 0 Å². The molecule has 0 fully saturated rings. The maximum Gasteiger partial charge on any atom is 0.0689 e. The molecule has 0 amide bonds. The van der Waals surface area contributed by atoms with Crippen LogP contribution in [-0.2, 0) is 6.54 Å². The van der Waals surface area contributed by atoms with Gasteiger partial charge < -0.3 is 15.5 Å². The number of aliphatic hydroxyl groups excluding tert-OH is 2. The Hall–Kier alpha value is -0.900. The molecule has 1 aromatic rings. The number of nitrogens with one attached hydrogen (secondary N) is 1. The van der Waals surface area contributed by atoms with E-state index in [4.69, 9.17) is 5.11 Å². The smallest absolute Gasteiger partial charge is 0.0689 e. The number of hydrogen-bond donors (Lipinski definition) is 3. The summed E-state index contributed by atoms with van der Waals surface area (Å²) in [5.41, 5.74) is 1.20. The first-order valence-corrected chi connectivity index (χ1v) is 5.29. The maximum absolute atomic E-state index is 9.48. The van der Waals surface area contributed by atoms with Crippen molar-refractivity contribution in [3.8, 4) is 0 Å². The molecule has 1 aromatic carbocycles. The van der Waals surface area contributed by atoms with Crippen molar-refractivity contribution >= 4 is 0 Å². The van der Waals surface area contributed by atoms with Crippen LogP contribution in [0.3, 0.4) is 0 Å². The largest absolute Gasteiger partial charge is 0.393 e. The third kappa shape index (κ3) is 5.52. The Balaban J connectivity index is 2.16. The quantitative estimate of drug-likeness (QED) is 0.652. The van der Waals surface area contributed by atoms with Crippen LogP contribution < -0.4 is 5.32 Å². The minimum absolute atomic E-state index is 0.418. The Bertz CT molecular complexity index is 262. The lowest BCUT2D eigenvalue weighted by molar-refractivity contribution is 0.0899. The second-order valence-corrected chi connectivity index (χ2v) is 3.86. The molecule has 0 aromatic heterocycles. The van der Waals surface area contributed by atoms with Crippen LogP contribution in [0.25, 0.3) is 0 Å². The normalized spacial score (nSPS) is 14.9. The lowest BCUT2D eigenvalue weighted by atomic mass is 10.1. The van der Waals surface area contributed by atoms with Gasteiger partial charge in [0.1, 0.15) is 0 Å². The minimum atomic E-state index is -0.478. The van der Waals surface area contributed by atoms with Crippen molar-refractivity contribution in [1.82, 2.24) is 5.32 Å². The van der Waals surface area contributed by atoms with Crippen molar-refractivity contribution in [2.45, 2.75) is 32.1 Å². The molecule has 0 saturated carbocycles. The molecule has 84 valence electrons. The zero-order chi connectivity index (χ0) is 11.1. The Morgan fingerprint density at radius 3 is 2.47 bits per heavy atom. The van der Waals surface area contributed by atoms with Gasteiger partial charge in [0.2, 0.25) is 0 Å². The van der Waals surface area contributed by atoms with Crippen LogP contribution >= 0.6 is 0 Å². The van der Waals surface area contributed by atoms with Crippen molar-refractivity contribution < 1.29 is 10.2 Å². The summed E-state index contributed by atoms with van der Waals surface area (Å²) >= 11 is 0. The highest BCUT2D eigenvalue weighted by Crippen LogP contribution is 1.99. The Morgan fingerprint density at radius 1 is 1.20 bits per heavy atom. The van der Waals surface area contributed by atoms with Gasteiger partial charge in [0.25, 0.3) is 0 Å². The van der Waals surface area contributed by atoms with Crippen molar-refractivity contribution in [3.63, 3.8) is 0 Å². The molecule has 1 unspecified atom stereocenters. The first-order chi connectivity index (χ1) is 7.18. The SMILES string of the molecule is C[C@@H](O)CC(O)CNCc1ccccc1. The molecule has 0 radical (unpaired) electrons. The van der Waals surface area contributed by atoms with E-state index < -0.39 is 12.2 Å². The highest BCUT2D eigenvalue weighted by molar-refractivity contribution is 5.14. The van der Waals surface area contributed by atoms with Crippen molar-refractivity contribution in [2.24, 2.45) is 0 Å². The van der Waals surface area contributed by atoms with Gasteiger partial charge in [-0.15, -0.1) is 0 Å². The van der Waals surface area contributed by atoms with Gasteiger partial charge in [-0.1, -0.05) is 30.3 Å². The van der Waals surface area contributed by atoms with Gasteiger partial charge in [-0.25, -0.2) is 0 Å². The fraction of sp³-hybridized carbons (Fsp3) is 0.500. The standard InChI is InChI=1S/C12H19NO2/c1-10(14)7-12(15)9-13-8-11-5-3-2-4-6-11/h2-6,10,12-15H,7-9H2,1H3/t10-,12?/m1/s1. The van der Waals surface area contributed by atoms with Gasteiger partial charge in [-0.2, -0.15) is 0 Å². The fourth-order valence-corrected chi connectivity index (χ4v) is 1.46. The summed E-state index contributed by atoms with van der Waals surface area (Å²) in [7, 11) is 0. The Morgan fingerprint density at radius 2 is 1.87 bits per heavy atom. The first-order valence-electron chi connectivity index (χ1n) is 5.29. The molecule has 0 bridgehead atoms. The lowest BCUT2D eigenvalue weighted by Crippen LogP contribution is -2.28. The maximum atomic E-state index is 9.48. The summed E-state index contributed by atoms with van der Waals surface area (Å²) in [4.78, 5) is 0. The number of hydrogen-bond acceptors (Lipinski definition) is 3. The zero-order valence-electron chi connectivity index (χ0n) is 9.06. The van der Waals surface area contributed by atoms with E-state index in [0.29, 0.717) is 13.0 Å². The molecule has 3 N–H and O–H groups in total. The van der Waals surface area contributed by atoms with Crippen molar-refractivity contribution in [2.75, 3.05) is 6.54 Å². The topological polar surface area (TPSA) is 52.5 Å². The average molecular weight is 209 g/mol. The van der Waals surface area contributed by atoms with Crippen LogP contribution in [-0.4, -0.2) is 29.0 Å². The van der Waals surface area contributed by atoms with Gasteiger partial charge in [0, 0.05) is 19.5 Å². The second kappa shape index (κ2) is 6.56. The first kappa shape index (κ1) is 12.2. The van der Waals surface area contributed by atoms with Crippen molar-refractivity contribution in [1.29, 1.82) is 0 Å². The van der Waals surface area contributed by atoms with Crippen LogP contribution in [0.2, 0.25) is 0 Å². The summed E-state index contributed by atoms with van der Waals surface area (Å²) in [6.45, 7) is 2.94. The molecule has 3 nitrogen and oxygen atoms in total. The van der Waals surface area contributed by atoms with E-state index in [1.807, 2.05) is 30.3 Å². The summed E-state index contributed by atoms with van der Waals surface area (Å²) in [6.07, 6.45) is -0.505. The molecular weight excluding hydrogens is 190 g/mol. The minimum Gasteiger partial charge on any atom is -0.393 e. The molecule has 3 heteroatoms. The van der Waals surface area contributed by atoms with Crippen LogP contribution in [0.1, 0.15) is 18.9 Å². The van der Waals surface area contributed by atoms with Crippen LogP contribution in [0.15, 0.2) is 30.3 Å². The van der Waals surface area contributed by atoms with Crippen LogP contribution in [0.5, 0.6) is 0 Å². The molecule has 0 aliphatic carbocycles. The van der Waals surface area contributed by atoms with Gasteiger partial charge in [0.05, 0.1) is 12.2 Å². The zero-order valence-corrected chi connectivity index (χ0v) is 9.06. The number of benzene rings is 1. The predicted molar refractivity (Wildman–Crippen MR) is 60.5 cm³/mol. The highest BCUT2D eigenvalue weighted by Gasteiger charge is 2.06. The molecule has 1 rings (SSSR count). The van der Waals surface area contributed by atoms with E-state index in [2.05, 4.69) is 5.32 Å². The third-order valence-electron chi connectivity index (χ3n) is 2.17. The van der Waals surface area contributed by atoms with Gasteiger partial charge in [-0.3, -0.25) is 0 Å². The molecule has 0 saturated heterocycles. The van der Waals surface area contributed by atoms with Crippen LogP contribution in [0, 0.1) is 0 Å². The van der Waals surface area contributed by atoms with Gasteiger partial charge in [-0.05, 0) is 12.5 Å². The van der Waals surface area contributed by atoms with E-state index in [9.17, 15) is 5.11 Å². The lowest BCUT2D eigenvalue weighted by Gasteiger charge is -2.13. The summed E-state index contributed by atoms with van der Waals surface area (Å²) in [6, 6.07) is 10.0. The molecule has 2 atom stereocenters. The van der Waals surface area contributed by atoms with Gasteiger partial charge in [0.15, 0.2) is 0 Å². The molecule has 0 aliphatic heterocycles. The highest BCUT2D eigenvalue weighted by atomic mass is 16.3. The monoisotopic (exact) mass is 209 g/mol. The fourth-order valence-electron chi connectivity index (χ4n) is 1.46. The predicted octanol–water partition coefficient (Wildman–Crippen LogP) is 0.908. The third-order valence-corrected chi connectivity index (χ3v) is 2.17. The van der Waals surface area contributed by atoms with Crippen molar-refractivity contribution in [3.05, 3.63) is 35.9 Å². The Labute approximate surface area is 90.8 Å². The van der Waals surface area contributed by atoms with E-state index in [-0.39, 0.29) is 0 Å². The Kier molecular flexibility index (Phi) is 5.32. The summed E-state index contributed by atoms with van der Waals surface area (Å²) < 4.78 is 0. The van der Waals surface area contributed by atoms with E-state index in [1.54, 1.807) is 6.92 Å². The molecule has 15 heavy (non-hydrogen) atoms. The number of rotatable bonds is 6. The molecule has 0 heterocycles. The molecular formula is C12H19NO2. The summed E-state index contributed by atoms with van der Waals surface area (Å²) in [5.74, 6) is 0. The van der Waals surface area contributed by atoms with Gasteiger partial charge >= 0.3 is 0 Å². The molecule has 0 aliphatic rings. The summed E-state index contributed by atoms with van der Waals surface area (Å²) in [5, 5.41) is 21.7.